The van der Waals surface area contributed by atoms with Crippen molar-refractivity contribution in [3.05, 3.63) is 182 Å². The van der Waals surface area contributed by atoms with Crippen molar-refractivity contribution in [1.82, 2.24) is 0 Å². The zero-order valence-corrected chi connectivity index (χ0v) is 48.5. The summed E-state index contributed by atoms with van der Waals surface area (Å²) in [6.07, 6.45) is -7.98. The number of aryl methyl sites for hydroxylation is 1. The molecule has 0 spiro atoms. The van der Waals surface area contributed by atoms with Gasteiger partial charge in [0.2, 0.25) is 0 Å². The first-order valence-electron chi connectivity index (χ1n) is 28.5. The molecule has 88 heavy (non-hydrogen) atoms. The minimum absolute atomic E-state index is 0.0201. The lowest BCUT2D eigenvalue weighted by Gasteiger charge is -2.30. The van der Waals surface area contributed by atoms with E-state index < -0.39 is 35.2 Å². The average Bonchev–Trinajstić information content (AvgIpc) is 1.88. The molecule has 1 atom stereocenters. The summed E-state index contributed by atoms with van der Waals surface area (Å²) >= 11 is 0. The summed E-state index contributed by atoms with van der Waals surface area (Å²) in [5.41, 5.74) is 8.02. The normalized spacial score (nSPS) is 17.8. The summed E-state index contributed by atoms with van der Waals surface area (Å²) < 4.78 is 145. The number of hydrogen-bond acceptors (Lipinski definition) is 13. The van der Waals surface area contributed by atoms with Crippen LogP contribution in [-0.2, 0) is 58.4 Å². The Morgan fingerprint density at radius 2 is 0.886 bits per heavy atom. The van der Waals surface area contributed by atoms with Crippen LogP contribution in [0.25, 0.3) is 6.08 Å². The number of carbonyl (C=O) groups is 4. The van der Waals surface area contributed by atoms with Crippen LogP contribution >= 0.6 is 0 Å². The fraction of sp³-hybridized carbons (Fsp3) is 0.364. The van der Waals surface area contributed by atoms with E-state index >= 15 is 0 Å². The molecule has 1 unspecified atom stereocenters. The predicted molar refractivity (Wildman–Crippen MR) is 312 cm³/mol. The third-order valence-corrected chi connectivity index (χ3v) is 15.9. The van der Waals surface area contributed by atoms with Gasteiger partial charge < -0.3 is 43.1 Å². The van der Waals surface area contributed by atoms with Crippen molar-refractivity contribution >= 4 is 46.8 Å². The molecule has 13 nitrogen and oxygen atoms in total. The monoisotopic (exact) mass is 1230 g/mol. The molecular formula is C66H64F9N3O10. The number of anilines is 3. The first-order chi connectivity index (χ1) is 42.1. The SMILES string of the molecule is COc1cc2c(cc1N1CCOCC1)C/C(=C\c1ccc(C(F)(F)F)cc1)C2=O.COc1cc2c(cc1N1CCOCC1)CC(Cc1ccc(C(F)(F)F)cc1)C2=O.COc1cc2c(cc1N1CCOCC1)CCC2=O.O=Cc1ccc(C(F)(F)F)cc1. The molecule has 466 valence electrons. The number of allylic oxidation sites excluding steroid dienone is 1. The summed E-state index contributed by atoms with van der Waals surface area (Å²) in [6, 6.07) is 25.5. The largest absolute Gasteiger partial charge is 0.495 e. The molecule has 3 aliphatic carbocycles. The van der Waals surface area contributed by atoms with Gasteiger partial charge in [-0.1, -0.05) is 36.4 Å². The van der Waals surface area contributed by atoms with Gasteiger partial charge in [0.1, 0.15) is 23.5 Å². The number of aldehydes is 1. The maximum absolute atomic E-state index is 12.9. The molecule has 3 aliphatic heterocycles. The van der Waals surface area contributed by atoms with Gasteiger partial charge in [-0.15, -0.1) is 0 Å². The molecule has 3 saturated heterocycles. The number of Topliss-reactive ketones (excluding diaryl/α,β-unsaturated/α-hetero) is 3. The van der Waals surface area contributed by atoms with E-state index in [0.29, 0.717) is 92.2 Å². The predicted octanol–water partition coefficient (Wildman–Crippen LogP) is 12.7. The molecular weight excluding hydrogens is 1170 g/mol. The Morgan fingerprint density at radius 3 is 1.32 bits per heavy atom. The van der Waals surface area contributed by atoms with Crippen molar-refractivity contribution in [3.8, 4) is 17.2 Å². The highest BCUT2D eigenvalue weighted by Gasteiger charge is 2.36. The number of ketones is 3. The minimum Gasteiger partial charge on any atom is -0.495 e. The maximum atomic E-state index is 12.9. The lowest BCUT2D eigenvalue weighted by Crippen LogP contribution is -2.36. The Bertz CT molecular complexity index is 3500. The number of nitrogens with zero attached hydrogens (tertiary/aromatic N) is 3. The van der Waals surface area contributed by atoms with Crippen LogP contribution in [0.1, 0.15) is 92.4 Å². The van der Waals surface area contributed by atoms with Crippen LogP contribution < -0.4 is 28.9 Å². The second-order valence-corrected chi connectivity index (χ2v) is 21.5. The quantitative estimate of drug-likeness (QED) is 0.0733. The third-order valence-electron chi connectivity index (χ3n) is 15.9. The fourth-order valence-electron chi connectivity index (χ4n) is 11.2. The Kier molecular flexibility index (Phi) is 20.4. The van der Waals surface area contributed by atoms with E-state index in [-0.39, 0.29) is 28.8 Å². The van der Waals surface area contributed by atoms with Gasteiger partial charge in [0.25, 0.3) is 0 Å². The Labute approximate surface area is 502 Å². The summed E-state index contributed by atoms with van der Waals surface area (Å²) in [5.74, 6) is 1.96. The molecule has 0 radical (unpaired) electrons. The van der Waals surface area contributed by atoms with Gasteiger partial charge in [0, 0.05) is 85.9 Å². The van der Waals surface area contributed by atoms with Crippen LogP contribution in [0.15, 0.2) is 115 Å². The number of hydrogen-bond donors (Lipinski definition) is 0. The second-order valence-electron chi connectivity index (χ2n) is 21.5. The van der Waals surface area contributed by atoms with E-state index in [1.165, 1.54) is 24.3 Å². The van der Waals surface area contributed by atoms with Crippen LogP contribution in [0.2, 0.25) is 0 Å². The Balaban J connectivity index is 0.000000147. The molecule has 3 heterocycles. The lowest BCUT2D eigenvalue weighted by molar-refractivity contribution is -0.138. The van der Waals surface area contributed by atoms with E-state index in [1.54, 1.807) is 39.5 Å². The van der Waals surface area contributed by atoms with Crippen LogP contribution in [0, 0.1) is 5.92 Å². The first-order valence-corrected chi connectivity index (χ1v) is 28.5. The summed E-state index contributed by atoms with van der Waals surface area (Å²) in [5, 5.41) is 0. The summed E-state index contributed by atoms with van der Waals surface area (Å²) in [6.45, 7) is 8.84. The Morgan fingerprint density at radius 1 is 0.489 bits per heavy atom. The number of methoxy groups -OCH3 is 3. The van der Waals surface area contributed by atoms with E-state index in [1.807, 2.05) is 18.2 Å². The number of fused-ring (bicyclic) bond motifs is 3. The second kappa shape index (κ2) is 27.9. The average molecular weight is 1230 g/mol. The fourth-order valence-corrected chi connectivity index (χ4v) is 11.2. The number of ether oxygens (including phenoxy) is 6. The van der Waals surface area contributed by atoms with Crippen LogP contribution in [0.3, 0.4) is 0 Å². The van der Waals surface area contributed by atoms with Crippen LogP contribution in [0.4, 0.5) is 56.6 Å². The molecule has 3 fully saturated rings. The topological polar surface area (TPSA) is 133 Å². The van der Waals surface area contributed by atoms with Gasteiger partial charge in [-0.3, -0.25) is 19.2 Å². The smallest absolute Gasteiger partial charge is 0.416 e. The van der Waals surface area contributed by atoms with Crippen molar-refractivity contribution in [2.75, 3.05) is 115 Å². The molecule has 6 aromatic carbocycles. The van der Waals surface area contributed by atoms with Crippen molar-refractivity contribution < 1.29 is 87.1 Å². The highest BCUT2D eigenvalue weighted by atomic mass is 19.4. The van der Waals surface area contributed by atoms with Gasteiger partial charge in [-0.2, -0.15) is 39.5 Å². The number of benzene rings is 6. The summed E-state index contributed by atoms with van der Waals surface area (Å²) in [7, 11) is 4.82. The first kappa shape index (κ1) is 64.3. The number of morpholine rings is 3. The number of alkyl halides is 9. The number of carbonyl (C=O) groups excluding carboxylic acids is 4. The van der Waals surface area contributed by atoms with Gasteiger partial charge in [-0.25, -0.2) is 0 Å². The lowest BCUT2D eigenvalue weighted by atomic mass is 9.95. The zero-order chi connectivity index (χ0) is 62.9. The van der Waals surface area contributed by atoms with E-state index in [0.717, 1.165) is 158 Å². The molecule has 22 heteroatoms. The number of halogens is 9. The standard InChI is InChI=1S/C22H22F3NO3.C22H20F3NO3.C14H17NO3.C8H5F3O/c2*1-28-20-13-18-15(12-19(20)26-6-8-29-9-7-26)11-16(21(18)27)10-14-2-4-17(5-3-14)22(23,24)25;1-17-14-9-11-10(2-3-13(11)16)8-12(14)15-4-6-18-7-5-15;9-8(10,11)7-3-1-6(5-12)2-4-7/h2-5,12-13,16H,6-11H2,1H3;2-5,10,12-13H,6-9,11H2,1H3;8-9H,2-7H2,1H3;1-5H/b;16-10+;;. The van der Waals surface area contributed by atoms with Gasteiger partial charge in [-0.05, 0) is 126 Å². The molecule has 0 amide bonds. The highest BCUT2D eigenvalue weighted by Crippen LogP contribution is 2.42. The van der Waals surface area contributed by atoms with Gasteiger partial charge >= 0.3 is 18.5 Å². The van der Waals surface area contributed by atoms with Crippen molar-refractivity contribution in [2.24, 2.45) is 5.92 Å². The highest BCUT2D eigenvalue weighted by molar-refractivity contribution is 6.16. The molecule has 0 saturated carbocycles. The van der Waals surface area contributed by atoms with Crippen LogP contribution in [-0.4, -0.2) is 124 Å². The molecule has 0 aromatic heterocycles. The molecule has 6 aliphatic rings. The molecule has 6 aromatic rings. The van der Waals surface area contributed by atoms with Gasteiger partial charge in [0.05, 0.1) is 94.7 Å². The Hall–Kier alpha value is -8.21. The van der Waals surface area contributed by atoms with Crippen molar-refractivity contribution in [2.45, 2.75) is 50.6 Å². The molecule has 0 bridgehead atoms. The van der Waals surface area contributed by atoms with E-state index in [4.69, 9.17) is 28.4 Å². The third kappa shape index (κ3) is 15.4. The van der Waals surface area contributed by atoms with Gasteiger partial charge in [0.15, 0.2) is 17.3 Å². The number of rotatable bonds is 10. The van der Waals surface area contributed by atoms with Crippen molar-refractivity contribution in [3.63, 3.8) is 0 Å². The molecule has 0 N–H and O–H groups in total. The maximum Gasteiger partial charge on any atom is 0.416 e. The molecule has 12 rings (SSSR count). The minimum atomic E-state index is -4.38. The van der Waals surface area contributed by atoms with Crippen molar-refractivity contribution in [1.29, 1.82) is 0 Å². The van der Waals surface area contributed by atoms with E-state index in [2.05, 4.69) is 20.8 Å². The van der Waals surface area contributed by atoms with E-state index in [9.17, 15) is 58.7 Å². The zero-order valence-electron chi connectivity index (χ0n) is 48.5. The van der Waals surface area contributed by atoms with Crippen LogP contribution in [0.5, 0.6) is 17.2 Å². The summed E-state index contributed by atoms with van der Waals surface area (Å²) in [4.78, 5) is 54.2.